The average molecular weight is 457 g/mol. The van der Waals surface area contributed by atoms with E-state index < -0.39 is 10.0 Å². The third-order valence-electron chi connectivity index (χ3n) is 5.30. The van der Waals surface area contributed by atoms with Crippen LogP contribution in [0.15, 0.2) is 35.2 Å². The molecule has 1 saturated heterocycles. The van der Waals surface area contributed by atoms with Crippen LogP contribution in [0.25, 0.3) is 0 Å². The first-order valence-electron chi connectivity index (χ1n) is 9.54. The Labute approximate surface area is 183 Å². The fraction of sp³-hybridized carbons (Fsp3) is 0.429. The van der Waals surface area contributed by atoms with Gasteiger partial charge in [-0.25, -0.2) is 8.42 Å². The van der Waals surface area contributed by atoms with E-state index in [9.17, 15) is 8.42 Å². The largest absolute Gasteiger partial charge is 0.495 e. The van der Waals surface area contributed by atoms with Crippen LogP contribution < -0.4 is 9.64 Å². The number of aryl methyl sites for hydroxylation is 1. The molecule has 0 radical (unpaired) electrons. The maximum Gasteiger partial charge on any atom is 0.246 e. The van der Waals surface area contributed by atoms with E-state index in [4.69, 9.17) is 27.9 Å². The lowest BCUT2D eigenvalue weighted by atomic mass is 9.98. The van der Waals surface area contributed by atoms with E-state index in [2.05, 4.69) is 18.7 Å². The summed E-state index contributed by atoms with van der Waals surface area (Å²) >= 11 is 12.5. The van der Waals surface area contributed by atoms with Crippen molar-refractivity contribution >= 4 is 38.9 Å². The average Bonchev–Trinajstić information content (AvgIpc) is 2.69. The van der Waals surface area contributed by atoms with Crippen LogP contribution in [0, 0.1) is 6.92 Å². The summed E-state index contributed by atoms with van der Waals surface area (Å²) in [6.45, 7) is 7.87. The molecule has 0 unspecified atom stereocenters. The molecule has 3 rings (SSSR count). The van der Waals surface area contributed by atoms with Gasteiger partial charge in [-0.15, -0.1) is 0 Å². The molecule has 158 valence electrons. The molecule has 0 N–H and O–H groups in total. The fourth-order valence-electron chi connectivity index (χ4n) is 3.71. The number of nitrogens with zero attached hydrogens (tertiary/aromatic N) is 2. The van der Waals surface area contributed by atoms with Crippen LogP contribution in [0.3, 0.4) is 0 Å². The summed E-state index contributed by atoms with van der Waals surface area (Å²) in [5.74, 6) is 0.601. The van der Waals surface area contributed by atoms with Crippen LogP contribution >= 0.6 is 23.2 Å². The van der Waals surface area contributed by atoms with Crippen LogP contribution in [0.2, 0.25) is 10.0 Å². The SMILES string of the molecule is COc1cc(C)c(C(C)C)cc1S(=O)(=O)N1CCN(c2cccc(Cl)c2Cl)CC1. The van der Waals surface area contributed by atoms with Crippen molar-refractivity contribution in [1.29, 1.82) is 0 Å². The number of rotatable bonds is 5. The molecule has 2 aromatic carbocycles. The first-order valence-corrected chi connectivity index (χ1v) is 11.7. The Morgan fingerprint density at radius 3 is 2.31 bits per heavy atom. The molecule has 0 aliphatic carbocycles. The molecule has 0 saturated carbocycles. The molecule has 0 bridgehead atoms. The number of hydrogen-bond acceptors (Lipinski definition) is 4. The van der Waals surface area contributed by atoms with Crippen LogP contribution in [0.5, 0.6) is 5.75 Å². The van der Waals surface area contributed by atoms with Gasteiger partial charge in [-0.05, 0) is 48.2 Å². The van der Waals surface area contributed by atoms with Gasteiger partial charge in [-0.3, -0.25) is 0 Å². The van der Waals surface area contributed by atoms with Crippen molar-refractivity contribution in [3.63, 3.8) is 0 Å². The lowest BCUT2D eigenvalue weighted by Gasteiger charge is -2.36. The van der Waals surface area contributed by atoms with Gasteiger partial charge in [0, 0.05) is 26.2 Å². The number of benzene rings is 2. The van der Waals surface area contributed by atoms with Crippen LogP contribution in [-0.4, -0.2) is 46.0 Å². The highest BCUT2D eigenvalue weighted by molar-refractivity contribution is 7.89. The minimum atomic E-state index is -3.68. The number of anilines is 1. The Kier molecular flexibility index (Phi) is 6.68. The lowest BCUT2D eigenvalue weighted by Crippen LogP contribution is -2.48. The van der Waals surface area contributed by atoms with E-state index in [0.29, 0.717) is 42.0 Å². The molecule has 0 atom stereocenters. The van der Waals surface area contributed by atoms with Gasteiger partial charge in [0.1, 0.15) is 10.6 Å². The van der Waals surface area contributed by atoms with Gasteiger partial charge in [-0.1, -0.05) is 43.1 Å². The second-order valence-corrected chi connectivity index (χ2v) is 10.2. The van der Waals surface area contributed by atoms with E-state index >= 15 is 0 Å². The molecular weight excluding hydrogens is 431 g/mol. The smallest absolute Gasteiger partial charge is 0.246 e. The van der Waals surface area contributed by atoms with Gasteiger partial charge in [0.05, 0.1) is 22.8 Å². The van der Waals surface area contributed by atoms with Gasteiger partial charge in [0.25, 0.3) is 0 Å². The zero-order chi connectivity index (χ0) is 21.3. The summed E-state index contributed by atoms with van der Waals surface area (Å²) < 4.78 is 33.7. The molecule has 0 aromatic heterocycles. The third kappa shape index (κ3) is 4.36. The van der Waals surface area contributed by atoms with E-state index in [0.717, 1.165) is 16.8 Å². The number of hydrogen-bond donors (Lipinski definition) is 0. The topological polar surface area (TPSA) is 49.9 Å². The molecule has 8 heteroatoms. The van der Waals surface area contributed by atoms with Crippen molar-refractivity contribution in [1.82, 2.24) is 4.31 Å². The molecule has 1 aliphatic rings. The number of ether oxygens (including phenoxy) is 1. The van der Waals surface area contributed by atoms with Crippen molar-refractivity contribution in [2.45, 2.75) is 31.6 Å². The van der Waals surface area contributed by atoms with Crippen molar-refractivity contribution in [2.75, 3.05) is 38.2 Å². The summed E-state index contributed by atoms with van der Waals surface area (Å²) in [5.41, 5.74) is 2.86. The summed E-state index contributed by atoms with van der Waals surface area (Å²) in [6.07, 6.45) is 0. The third-order valence-corrected chi connectivity index (χ3v) is 8.03. The minimum absolute atomic E-state index is 0.219. The van der Waals surface area contributed by atoms with E-state index in [1.165, 1.54) is 11.4 Å². The standard InChI is InChI=1S/C21H26Cl2N2O3S/c1-14(2)16-13-20(19(28-4)12-15(16)3)29(26,27)25-10-8-24(9-11-25)18-7-5-6-17(22)21(18)23/h5-7,12-14H,8-11H2,1-4H3. The Morgan fingerprint density at radius 1 is 1.07 bits per heavy atom. The van der Waals surface area contributed by atoms with Crippen molar-refractivity contribution in [3.8, 4) is 5.75 Å². The molecule has 0 spiro atoms. The maximum atomic E-state index is 13.4. The first kappa shape index (κ1) is 22.2. The monoisotopic (exact) mass is 456 g/mol. The van der Waals surface area contributed by atoms with Crippen LogP contribution in [0.1, 0.15) is 30.9 Å². The molecule has 1 aliphatic heterocycles. The van der Waals surface area contributed by atoms with Crippen molar-refractivity contribution in [2.24, 2.45) is 0 Å². The molecule has 2 aromatic rings. The maximum absolute atomic E-state index is 13.4. The Morgan fingerprint density at radius 2 is 1.72 bits per heavy atom. The summed E-state index contributed by atoms with van der Waals surface area (Å²) in [4.78, 5) is 2.29. The molecule has 0 amide bonds. The first-order chi connectivity index (χ1) is 13.7. The highest BCUT2D eigenvalue weighted by atomic mass is 35.5. The fourth-order valence-corrected chi connectivity index (χ4v) is 5.72. The van der Waals surface area contributed by atoms with Gasteiger partial charge in [-0.2, -0.15) is 4.31 Å². The number of methoxy groups -OCH3 is 1. The second-order valence-electron chi connectivity index (χ2n) is 7.48. The van der Waals surface area contributed by atoms with E-state index in [-0.39, 0.29) is 10.8 Å². The Hall–Kier alpha value is -1.47. The lowest BCUT2D eigenvalue weighted by molar-refractivity contribution is 0.374. The van der Waals surface area contributed by atoms with Crippen LogP contribution in [-0.2, 0) is 10.0 Å². The summed E-state index contributed by atoms with van der Waals surface area (Å²) in [7, 11) is -2.18. The number of halogens is 2. The normalized spacial score (nSPS) is 15.8. The molecule has 5 nitrogen and oxygen atoms in total. The predicted molar refractivity (Wildman–Crippen MR) is 119 cm³/mol. The van der Waals surface area contributed by atoms with E-state index in [1.807, 2.05) is 25.1 Å². The Bertz CT molecular complexity index is 1000. The minimum Gasteiger partial charge on any atom is -0.495 e. The predicted octanol–water partition coefficient (Wildman–Crippen LogP) is 4.94. The molecule has 29 heavy (non-hydrogen) atoms. The Balaban J connectivity index is 1.87. The van der Waals surface area contributed by atoms with Gasteiger partial charge in [0.2, 0.25) is 10.0 Å². The van der Waals surface area contributed by atoms with Crippen molar-refractivity contribution < 1.29 is 13.2 Å². The van der Waals surface area contributed by atoms with Crippen LogP contribution in [0.4, 0.5) is 5.69 Å². The van der Waals surface area contributed by atoms with Crippen molar-refractivity contribution in [3.05, 3.63) is 51.5 Å². The molecular formula is C21H26Cl2N2O3S. The van der Waals surface area contributed by atoms with E-state index in [1.54, 1.807) is 12.1 Å². The highest BCUT2D eigenvalue weighted by Gasteiger charge is 2.32. The zero-order valence-electron chi connectivity index (χ0n) is 17.1. The highest BCUT2D eigenvalue weighted by Crippen LogP contribution is 2.35. The van der Waals surface area contributed by atoms with Gasteiger partial charge < -0.3 is 9.64 Å². The number of sulfonamides is 1. The zero-order valence-corrected chi connectivity index (χ0v) is 19.4. The second kappa shape index (κ2) is 8.72. The van der Waals surface area contributed by atoms with Gasteiger partial charge >= 0.3 is 0 Å². The summed E-state index contributed by atoms with van der Waals surface area (Å²) in [6, 6.07) is 9.05. The molecule has 1 fully saturated rings. The number of piperazine rings is 1. The summed E-state index contributed by atoms with van der Waals surface area (Å²) in [5, 5.41) is 0.983. The quantitative estimate of drug-likeness (QED) is 0.638. The molecule has 1 heterocycles. The van der Waals surface area contributed by atoms with Gasteiger partial charge in [0.15, 0.2) is 0 Å².